The van der Waals surface area contributed by atoms with Crippen LogP contribution in [-0.4, -0.2) is 25.5 Å². The summed E-state index contributed by atoms with van der Waals surface area (Å²) >= 11 is 4.14. The molecule has 3 aromatic heterocycles. The summed E-state index contributed by atoms with van der Waals surface area (Å²) < 4.78 is 2.09. The smallest absolute Gasteiger partial charge is 0.271 e. The molecule has 0 aliphatic rings. The van der Waals surface area contributed by atoms with Gasteiger partial charge in [0.05, 0.1) is 0 Å². The first-order valence-corrected chi connectivity index (χ1v) is 10.2. The molecule has 0 unspecified atom stereocenters. The summed E-state index contributed by atoms with van der Waals surface area (Å²) in [5.74, 6) is 0.225. The van der Waals surface area contributed by atoms with Crippen LogP contribution in [0.5, 0.6) is 0 Å². The normalized spacial score (nSPS) is 10.9. The summed E-state index contributed by atoms with van der Waals surface area (Å²) in [6.45, 7) is 0. The highest BCUT2D eigenvalue weighted by molar-refractivity contribution is 8.00. The lowest BCUT2D eigenvalue weighted by atomic mass is 10.2. The molecule has 4 aromatic rings. The van der Waals surface area contributed by atoms with Gasteiger partial charge in [-0.1, -0.05) is 53.4 Å². The van der Waals surface area contributed by atoms with E-state index in [-0.39, 0.29) is 5.56 Å². The van der Waals surface area contributed by atoms with Gasteiger partial charge in [0.1, 0.15) is 5.56 Å². The van der Waals surface area contributed by atoms with E-state index in [4.69, 9.17) is 0 Å². The van der Waals surface area contributed by atoms with Crippen molar-refractivity contribution in [2.45, 2.75) is 10.1 Å². The highest BCUT2D eigenvalue weighted by Gasteiger charge is 2.16. The third-order valence-corrected chi connectivity index (χ3v) is 6.23. The molecule has 0 radical (unpaired) electrons. The number of rotatable bonds is 5. The fourth-order valence-electron chi connectivity index (χ4n) is 2.18. The van der Waals surface area contributed by atoms with E-state index in [1.165, 1.54) is 38.8 Å². The quantitative estimate of drug-likeness (QED) is 0.408. The molecule has 10 heteroatoms. The van der Waals surface area contributed by atoms with Crippen molar-refractivity contribution in [3.63, 3.8) is 0 Å². The van der Waals surface area contributed by atoms with Gasteiger partial charge in [-0.05, 0) is 5.56 Å². The second-order valence-corrected chi connectivity index (χ2v) is 8.21. The number of aromatic nitrogens is 4. The molecule has 0 spiro atoms. The molecule has 1 amide bonds. The molecule has 130 valence electrons. The zero-order valence-corrected chi connectivity index (χ0v) is 15.6. The Morgan fingerprint density at radius 2 is 2.08 bits per heavy atom. The van der Waals surface area contributed by atoms with Crippen LogP contribution in [-0.2, 0) is 5.75 Å². The molecule has 0 aliphatic heterocycles. The Morgan fingerprint density at radius 1 is 1.23 bits per heavy atom. The predicted molar refractivity (Wildman–Crippen MR) is 103 cm³/mol. The number of nitrogens with zero attached hydrogens (tertiary/aromatic N) is 4. The van der Waals surface area contributed by atoms with E-state index < -0.39 is 11.5 Å². The zero-order chi connectivity index (χ0) is 17.9. The zero-order valence-electron chi connectivity index (χ0n) is 13.2. The predicted octanol–water partition coefficient (Wildman–Crippen LogP) is 3.15. The second-order valence-electron chi connectivity index (χ2n) is 5.13. The van der Waals surface area contributed by atoms with Crippen molar-refractivity contribution >= 4 is 50.4 Å². The molecule has 0 fully saturated rings. The summed E-state index contributed by atoms with van der Waals surface area (Å²) in [4.78, 5) is 29.3. The number of nitrogens with one attached hydrogen (secondary N) is 1. The van der Waals surface area contributed by atoms with Gasteiger partial charge in [-0.25, -0.2) is 4.98 Å². The Morgan fingerprint density at radius 3 is 2.92 bits per heavy atom. The van der Waals surface area contributed by atoms with Crippen molar-refractivity contribution in [3.8, 4) is 0 Å². The molecule has 0 bridgehead atoms. The number of benzene rings is 1. The van der Waals surface area contributed by atoms with Crippen molar-refractivity contribution < 1.29 is 4.79 Å². The van der Waals surface area contributed by atoms with Gasteiger partial charge in [0.15, 0.2) is 9.30 Å². The fourth-order valence-corrected chi connectivity index (χ4v) is 4.56. The van der Waals surface area contributed by atoms with Gasteiger partial charge in [-0.3, -0.25) is 19.3 Å². The summed E-state index contributed by atoms with van der Waals surface area (Å²) in [7, 11) is 0. The number of carbonyl (C=O) groups excluding carboxylic acids is 1. The SMILES string of the molecule is O=C(Nc1nnc(SCc2ccccc2)s1)c1cnc2sccn2c1=O. The Kier molecular flexibility index (Phi) is 4.78. The largest absolute Gasteiger partial charge is 0.296 e. The lowest BCUT2D eigenvalue weighted by molar-refractivity contribution is 0.102. The number of thiazole rings is 1. The van der Waals surface area contributed by atoms with Crippen LogP contribution >= 0.6 is 34.4 Å². The van der Waals surface area contributed by atoms with Gasteiger partial charge in [0, 0.05) is 23.5 Å². The summed E-state index contributed by atoms with van der Waals surface area (Å²) in [6, 6.07) is 10.0. The maximum atomic E-state index is 12.4. The number of thioether (sulfide) groups is 1. The number of hydrogen-bond donors (Lipinski definition) is 1. The molecular weight excluding hydrogens is 390 g/mol. The Bertz CT molecular complexity index is 1120. The average Bonchev–Trinajstić information content (AvgIpc) is 3.31. The van der Waals surface area contributed by atoms with Crippen LogP contribution in [0.2, 0.25) is 0 Å². The first-order valence-electron chi connectivity index (χ1n) is 7.47. The lowest BCUT2D eigenvalue weighted by Gasteiger charge is -2.00. The second kappa shape index (κ2) is 7.36. The van der Waals surface area contributed by atoms with Crippen LogP contribution in [0.1, 0.15) is 15.9 Å². The Balaban J connectivity index is 1.45. The summed E-state index contributed by atoms with van der Waals surface area (Å²) in [5.41, 5.74) is 0.743. The van der Waals surface area contributed by atoms with E-state index in [1.54, 1.807) is 23.3 Å². The van der Waals surface area contributed by atoms with Crippen LogP contribution in [0.25, 0.3) is 4.96 Å². The molecule has 0 atom stereocenters. The minimum Gasteiger partial charge on any atom is -0.296 e. The molecule has 0 saturated heterocycles. The molecule has 3 heterocycles. The number of amides is 1. The Hall–Kier alpha value is -2.56. The topological polar surface area (TPSA) is 89.2 Å². The van der Waals surface area contributed by atoms with Crippen LogP contribution in [0, 0.1) is 0 Å². The maximum absolute atomic E-state index is 12.4. The standard InChI is InChI=1S/C16H11N5O2S3/c22-12(11-8-17-15-21(13(11)23)6-7-24-15)18-14-19-20-16(26-14)25-9-10-4-2-1-3-5-10/h1-8H,9H2,(H,18,19,22). The highest BCUT2D eigenvalue weighted by Crippen LogP contribution is 2.28. The van der Waals surface area contributed by atoms with E-state index in [1.807, 2.05) is 30.3 Å². The molecule has 7 nitrogen and oxygen atoms in total. The third kappa shape index (κ3) is 3.52. The number of hydrogen-bond acceptors (Lipinski definition) is 8. The van der Waals surface area contributed by atoms with Gasteiger partial charge in [0.2, 0.25) is 5.13 Å². The van der Waals surface area contributed by atoms with Crippen LogP contribution in [0.4, 0.5) is 5.13 Å². The minimum atomic E-state index is -0.543. The average molecular weight is 401 g/mol. The van der Waals surface area contributed by atoms with E-state index in [0.29, 0.717) is 10.1 Å². The summed E-state index contributed by atoms with van der Waals surface area (Å²) in [6.07, 6.45) is 2.88. The van der Waals surface area contributed by atoms with E-state index >= 15 is 0 Å². The van der Waals surface area contributed by atoms with Crippen molar-refractivity contribution in [1.82, 2.24) is 19.6 Å². The van der Waals surface area contributed by atoms with Gasteiger partial charge in [-0.2, -0.15) is 0 Å². The van der Waals surface area contributed by atoms with E-state index in [2.05, 4.69) is 20.5 Å². The van der Waals surface area contributed by atoms with Gasteiger partial charge in [-0.15, -0.1) is 21.5 Å². The van der Waals surface area contributed by atoms with Crippen molar-refractivity contribution in [2.75, 3.05) is 5.32 Å². The van der Waals surface area contributed by atoms with Crippen LogP contribution in [0.3, 0.4) is 0 Å². The monoisotopic (exact) mass is 401 g/mol. The van der Waals surface area contributed by atoms with Crippen LogP contribution < -0.4 is 10.9 Å². The van der Waals surface area contributed by atoms with Gasteiger partial charge in [0.25, 0.3) is 11.5 Å². The molecular formula is C16H11N5O2S3. The minimum absolute atomic E-state index is 0.0328. The third-order valence-electron chi connectivity index (χ3n) is 3.42. The highest BCUT2D eigenvalue weighted by atomic mass is 32.2. The van der Waals surface area contributed by atoms with Crippen molar-refractivity contribution in [1.29, 1.82) is 0 Å². The molecule has 0 saturated carbocycles. The van der Waals surface area contributed by atoms with E-state index in [0.717, 1.165) is 10.1 Å². The number of anilines is 1. The number of carbonyl (C=O) groups is 1. The Labute approximate surface area is 159 Å². The molecule has 1 N–H and O–H groups in total. The van der Waals surface area contributed by atoms with E-state index in [9.17, 15) is 9.59 Å². The van der Waals surface area contributed by atoms with Crippen molar-refractivity contribution in [3.05, 3.63) is 69.6 Å². The molecule has 0 aliphatic carbocycles. The fraction of sp³-hybridized carbons (Fsp3) is 0.0625. The molecule has 4 rings (SSSR count). The van der Waals surface area contributed by atoms with Crippen molar-refractivity contribution in [2.24, 2.45) is 0 Å². The maximum Gasteiger partial charge on any atom is 0.271 e. The first kappa shape index (κ1) is 16.9. The molecule has 1 aromatic carbocycles. The summed E-state index contributed by atoms with van der Waals surface area (Å²) in [5, 5.41) is 12.7. The molecule has 26 heavy (non-hydrogen) atoms. The van der Waals surface area contributed by atoms with Gasteiger partial charge < -0.3 is 0 Å². The van der Waals surface area contributed by atoms with Gasteiger partial charge >= 0.3 is 0 Å². The number of fused-ring (bicyclic) bond motifs is 1. The first-order chi connectivity index (χ1) is 12.7. The lowest BCUT2D eigenvalue weighted by Crippen LogP contribution is -2.25. The van der Waals surface area contributed by atoms with Crippen LogP contribution in [0.15, 0.2) is 57.2 Å².